The molecule has 0 aliphatic carbocycles. The molecule has 3 atom stereocenters. The predicted molar refractivity (Wildman–Crippen MR) is 118 cm³/mol. The minimum Gasteiger partial charge on any atom is -0.467 e. The van der Waals surface area contributed by atoms with Gasteiger partial charge in [-0.05, 0) is 44.8 Å². The maximum atomic E-state index is 12.9. The van der Waals surface area contributed by atoms with Gasteiger partial charge in [-0.3, -0.25) is 4.79 Å². The topological polar surface area (TPSA) is 93.7 Å². The number of methoxy groups -OCH3 is 1. The minimum absolute atomic E-state index is 0.378. The maximum Gasteiger partial charge on any atom is 0.408 e. The molecule has 162 valence electrons. The van der Waals surface area contributed by atoms with Crippen molar-refractivity contribution in [3.8, 4) is 0 Å². The molecular weight excluding hydrogens is 412 g/mol. The molecule has 0 saturated heterocycles. The molecule has 1 rings (SSSR count). The average Bonchev–Trinajstić information content (AvgIpc) is 2.67. The molecule has 0 unspecified atom stereocenters. The fraction of sp³-hybridized carbons (Fsp3) is 0.550. The van der Waals surface area contributed by atoms with E-state index in [0.29, 0.717) is 12.2 Å². The molecule has 1 aromatic carbocycles. The molecule has 0 spiro atoms. The Hall–Kier alpha value is -1.87. The van der Waals surface area contributed by atoms with Gasteiger partial charge in [-0.2, -0.15) is 24.4 Å². The highest BCUT2D eigenvalue weighted by Gasteiger charge is 2.33. The van der Waals surface area contributed by atoms with Gasteiger partial charge >= 0.3 is 12.1 Å². The molecule has 7 nitrogen and oxygen atoms in total. The van der Waals surface area contributed by atoms with Crippen LogP contribution in [0.15, 0.2) is 30.3 Å². The number of hydrogen-bond acceptors (Lipinski definition) is 7. The zero-order valence-electron chi connectivity index (χ0n) is 17.4. The summed E-state index contributed by atoms with van der Waals surface area (Å²) in [6, 6.07) is 7.23. The summed E-state index contributed by atoms with van der Waals surface area (Å²) in [6.45, 7) is 5.21. The molecular formula is C20H30N2O5S2. The third-order valence-electron chi connectivity index (χ3n) is 3.83. The third kappa shape index (κ3) is 8.99. The van der Waals surface area contributed by atoms with Gasteiger partial charge in [-0.15, -0.1) is 0 Å². The quantitative estimate of drug-likeness (QED) is 0.402. The number of esters is 1. The number of nitrogens with one attached hydrogen (secondary N) is 2. The molecule has 9 heteroatoms. The highest BCUT2D eigenvalue weighted by molar-refractivity contribution is 7.98. The Bertz CT molecular complexity index is 679. The lowest BCUT2D eigenvalue weighted by Crippen LogP contribution is -2.53. The first-order chi connectivity index (χ1) is 13.6. The summed E-state index contributed by atoms with van der Waals surface area (Å²) in [5, 5.41) is 4.64. The number of ether oxygens (including phenoxy) is 2. The summed E-state index contributed by atoms with van der Waals surface area (Å²) >= 11 is 6.06. The van der Waals surface area contributed by atoms with Crippen molar-refractivity contribution in [3.63, 3.8) is 0 Å². The maximum absolute atomic E-state index is 12.9. The Balaban J connectivity index is 2.96. The second kappa shape index (κ2) is 12.0. The molecule has 0 fully saturated rings. The molecule has 0 bridgehead atoms. The van der Waals surface area contributed by atoms with Crippen LogP contribution in [0.2, 0.25) is 0 Å². The van der Waals surface area contributed by atoms with E-state index >= 15 is 0 Å². The van der Waals surface area contributed by atoms with E-state index in [1.807, 2.05) is 36.6 Å². The van der Waals surface area contributed by atoms with Crippen LogP contribution in [0, 0.1) is 0 Å². The van der Waals surface area contributed by atoms with Crippen molar-refractivity contribution in [3.05, 3.63) is 35.9 Å². The monoisotopic (exact) mass is 442 g/mol. The zero-order chi connectivity index (χ0) is 22.0. The van der Waals surface area contributed by atoms with Gasteiger partial charge in [0.15, 0.2) is 0 Å². The lowest BCUT2D eigenvalue weighted by Gasteiger charge is -2.26. The number of carbonyl (C=O) groups excluding carboxylic acids is 3. The van der Waals surface area contributed by atoms with Crippen LogP contribution in [0.25, 0.3) is 0 Å². The number of rotatable bonds is 9. The molecule has 0 aliphatic rings. The average molecular weight is 443 g/mol. The van der Waals surface area contributed by atoms with Crippen molar-refractivity contribution >= 4 is 42.4 Å². The summed E-state index contributed by atoms with van der Waals surface area (Å²) in [6.07, 6.45) is 1.58. The number of benzene rings is 1. The summed E-state index contributed by atoms with van der Waals surface area (Å²) in [5.74, 6) is -0.488. The van der Waals surface area contributed by atoms with E-state index in [9.17, 15) is 14.4 Å². The normalized spacial score (nSPS) is 14.3. The standard InChI is InChI=1S/C20H30N2O5S2/c1-20(2,3)27-19(25)21-14(11-12-29-5)17(23)22-15(18(24)26-4)16(28)13-9-7-6-8-10-13/h6-10,14-16,28H,11-12H2,1-5H3,(H,21,25)(H,22,23)/t14-,15-,16+/m0/s1. The van der Waals surface area contributed by atoms with E-state index in [1.54, 1.807) is 32.5 Å². The van der Waals surface area contributed by atoms with Crippen LogP contribution >= 0.6 is 24.4 Å². The first-order valence-corrected chi connectivity index (χ1v) is 11.1. The van der Waals surface area contributed by atoms with E-state index < -0.39 is 40.9 Å². The minimum atomic E-state index is -1.02. The van der Waals surface area contributed by atoms with Crippen molar-refractivity contribution in [2.75, 3.05) is 19.1 Å². The summed E-state index contributed by atoms with van der Waals surface area (Å²) < 4.78 is 10.1. The Morgan fingerprint density at radius 1 is 1.14 bits per heavy atom. The fourth-order valence-corrected chi connectivity index (χ4v) is 3.28. The van der Waals surface area contributed by atoms with E-state index in [2.05, 4.69) is 23.3 Å². The van der Waals surface area contributed by atoms with Gasteiger partial charge in [0.2, 0.25) is 5.91 Å². The molecule has 0 aliphatic heterocycles. The lowest BCUT2D eigenvalue weighted by molar-refractivity contribution is -0.145. The van der Waals surface area contributed by atoms with Crippen LogP contribution in [0.1, 0.15) is 38.0 Å². The number of amides is 2. The van der Waals surface area contributed by atoms with Crippen LogP contribution < -0.4 is 10.6 Å². The second-order valence-electron chi connectivity index (χ2n) is 7.35. The molecule has 29 heavy (non-hydrogen) atoms. The van der Waals surface area contributed by atoms with Gasteiger partial charge < -0.3 is 20.1 Å². The Morgan fingerprint density at radius 2 is 1.76 bits per heavy atom. The van der Waals surface area contributed by atoms with Crippen LogP contribution in [-0.2, 0) is 19.1 Å². The van der Waals surface area contributed by atoms with Crippen molar-refractivity contribution in [1.29, 1.82) is 0 Å². The summed E-state index contributed by atoms with van der Waals surface area (Å²) in [7, 11) is 1.25. The molecule has 2 amide bonds. The Labute approximate surface area is 182 Å². The van der Waals surface area contributed by atoms with Crippen LogP contribution in [0.4, 0.5) is 4.79 Å². The fourth-order valence-electron chi connectivity index (χ4n) is 2.44. The highest BCUT2D eigenvalue weighted by Crippen LogP contribution is 2.24. The van der Waals surface area contributed by atoms with Gasteiger partial charge in [0, 0.05) is 0 Å². The molecule has 1 aromatic rings. The smallest absolute Gasteiger partial charge is 0.408 e. The van der Waals surface area contributed by atoms with Crippen molar-refractivity contribution in [1.82, 2.24) is 10.6 Å². The van der Waals surface area contributed by atoms with Gasteiger partial charge in [-0.25, -0.2) is 9.59 Å². The van der Waals surface area contributed by atoms with Gasteiger partial charge in [0.05, 0.1) is 12.4 Å². The van der Waals surface area contributed by atoms with Gasteiger partial charge in [0.25, 0.3) is 0 Å². The number of hydrogen-bond donors (Lipinski definition) is 3. The largest absolute Gasteiger partial charge is 0.467 e. The number of carbonyl (C=O) groups is 3. The van der Waals surface area contributed by atoms with E-state index in [-0.39, 0.29) is 0 Å². The van der Waals surface area contributed by atoms with Gasteiger partial charge in [-0.1, -0.05) is 30.3 Å². The summed E-state index contributed by atoms with van der Waals surface area (Å²) in [4.78, 5) is 37.3. The molecule has 0 radical (unpaired) electrons. The zero-order valence-corrected chi connectivity index (χ0v) is 19.1. The highest BCUT2D eigenvalue weighted by atomic mass is 32.2. The van der Waals surface area contributed by atoms with Crippen LogP contribution in [-0.4, -0.2) is 54.8 Å². The van der Waals surface area contributed by atoms with E-state index in [4.69, 9.17) is 9.47 Å². The van der Waals surface area contributed by atoms with Crippen LogP contribution in [0.5, 0.6) is 0 Å². The molecule has 0 heterocycles. The van der Waals surface area contributed by atoms with Crippen LogP contribution in [0.3, 0.4) is 0 Å². The van der Waals surface area contributed by atoms with Gasteiger partial charge in [0.1, 0.15) is 17.7 Å². The first-order valence-electron chi connectivity index (χ1n) is 9.18. The first kappa shape index (κ1) is 25.2. The second-order valence-corrected chi connectivity index (χ2v) is 8.89. The molecule has 0 aromatic heterocycles. The Morgan fingerprint density at radius 3 is 2.28 bits per heavy atom. The van der Waals surface area contributed by atoms with Crippen molar-refractivity contribution < 1.29 is 23.9 Å². The van der Waals surface area contributed by atoms with E-state index in [1.165, 1.54) is 7.11 Å². The molecule has 2 N–H and O–H groups in total. The number of alkyl carbamates (subject to hydrolysis) is 1. The molecule has 0 saturated carbocycles. The predicted octanol–water partition coefficient (Wildman–Crippen LogP) is 2.96. The lowest BCUT2D eigenvalue weighted by atomic mass is 10.0. The summed E-state index contributed by atoms with van der Waals surface area (Å²) in [5.41, 5.74) is 0.0650. The van der Waals surface area contributed by atoms with Crippen molar-refractivity contribution in [2.45, 2.75) is 50.1 Å². The van der Waals surface area contributed by atoms with E-state index in [0.717, 1.165) is 5.56 Å². The van der Waals surface area contributed by atoms with Crippen molar-refractivity contribution in [2.24, 2.45) is 0 Å². The SMILES string of the molecule is COC(=O)[C@@H](NC(=O)[C@H](CCSC)NC(=O)OC(C)(C)C)[C@H](S)c1ccccc1. The number of thioether (sulfide) groups is 1. The number of thiol groups is 1. The third-order valence-corrected chi connectivity index (χ3v) is 5.07. The Kier molecular flexibility index (Phi) is 10.4.